The molecule has 6 nitrogen and oxygen atoms in total. The minimum Gasteiger partial charge on any atom is -0.477 e. The van der Waals surface area contributed by atoms with E-state index in [1.165, 1.54) is 0 Å². The lowest BCUT2D eigenvalue weighted by Gasteiger charge is -1.95. The van der Waals surface area contributed by atoms with Gasteiger partial charge in [-0.2, -0.15) is 0 Å². The van der Waals surface area contributed by atoms with E-state index in [9.17, 15) is 14.9 Å². The predicted molar refractivity (Wildman–Crippen MR) is 45.2 cm³/mol. The van der Waals surface area contributed by atoms with Gasteiger partial charge in [0.1, 0.15) is 10.2 Å². The molecule has 7 heteroatoms. The molecule has 2 N–H and O–H groups in total. The summed E-state index contributed by atoms with van der Waals surface area (Å²) < 4.78 is 0.142. The number of aromatic nitrogens is 1. The highest BCUT2D eigenvalue weighted by molar-refractivity contribution is 7.71. The highest BCUT2D eigenvalue weighted by atomic mass is 32.1. The van der Waals surface area contributed by atoms with E-state index in [0.717, 1.165) is 12.3 Å². The molecule has 0 saturated carbocycles. The van der Waals surface area contributed by atoms with Crippen LogP contribution in [0.15, 0.2) is 12.3 Å². The number of nitrogens with zero attached hydrogens (tertiary/aromatic N) is 1. The van der Waals surface area contributed by atoms with Crippen molar-refractivity contribution >= 4 is 23.9 Å². The van der Waals surface area contributed by atoms with Gasteiger partial charge in [-0.05, 0) is 6.07 Å². The minimum absolute atomic E-state index is 0.142. The molecular weight excluding hydrogens is 196 g/mol. The van der Waals surface area contributed by atoms with Gasteiger partial charge in [0.05, 0.1) is 11.1 Å². The maximum absolute atomic E-state index is 10.5. The number of pyridine rings is 1. The molecule has 0 radical (unpaired) electrons. The summed E-state index contributed by atoms with van der Waals surface area (Å²) in [5.74, 6) is -1.37. The Labute approximate surface area is 77.0 Å². The van der Waals surface area contributed by atoms with Gasteiger partial charge in [0.2, 0.25) is 0 Å². The molecule has 0 bridgehead atoms. The maximum Gasteiger partial charge on any atom is 0.342 e. The lowest BCUT2D eigenvalue weighted by molar-refractivity contribution is -0.385. The topological polar surface area (TPSA) is 96.2 Å². The highest BCUT2D eigenvalue weighted by Gasteiger charge is 2.18. The van der Waals surface area contributed by atoms with Crippen molar-refractivity contribution in [3.63, 3.8) is 0 Å². The Balaban J connectivity index is 3.44. The van der Waals surface area contributed by atoms with Gasteiger partial charge in [0.15, 0.2) is 0 Å². The van der Waals surface area contributed by atoms with Crippen LogP contribution in [0.25, 0.3) is 0 Å². The van der Waals surface area contributed by atoms with E-state index in [-0.39, 0.29) is 4.64 Å². The van der Waals surface area contributed by atoms with E-state index in [0.29, 0.717) is 0 Å². The molecule has 1 aromatic heterocycles. The minimum atomic E-state index is -1.37. The van der Waals surface area contributed by atoms with Crippen LogP contribution >= 0.6 is 12.2 Å². The zero-order chi connectivity index (χ0) is 10.0. The van der Waals surface area contributed by atoms with Gasteiger partial charge in [-0.25, -0.2) is 4.79 Å². The lowest BCUT2D eigenvalue weighted by Crippen LogP contribution is -2.03. The molecule has 1 rings (SSSR count). The van der Waals surface area contributed by atoms with Crippen LogP contribution in [0.2, 0.25) is 0 Å². The summed E-state index contributed by atoms with van der Waals surface area (Å²) in [5, 5.41) is 18.9. The molecule has 1 heterocycles. The zero-order valence-electron chi connectivity index (χ0n) is 6.18. The van der Waals surface area contributed by atoms with Gasteiger partial charge in [0, 0.05) is 0 Å². The van der Waals surface area contributed by atoms with E-state index in [1.807, 2.05) is 0 Å². The third kappa shape index (κ3) is 1.88. The number of H-pyrrole nitrogens is 1. The number of carbonyl (C=O) groups is 1. The van der Waals surface area contributed by atoms with Crippen LogP contribution < -0.4 is 0 Å². The number of aromatic carboxylic acids is 1. The van der Waals surface area contributed by atoms with Crippen LogP contribution in [0.1, 0.15) is 10.4 Å². The first-order chi connectivity index (χ1) is 6.02. The second-order valence-electron chi connectivity index (χ2n) is 2.16. The van der Waals surface area contributed by atoms with E-state index in [1.54, 1.807) is 0 Å². The summed E-state index contributed by atoms with van der Waals surface area (Å²) in [6.07, 6.45) is 0.964. The molecule has 0 atom stereocenters. The first-order valence-electron chi connectivity index (χ1n) is 3.13. The SMILES string of the molecule is O=C(O)c1cc(=S)[nH]cc1[N+](=O)[O-]. The van der Waals surface area contributed by atoms with Crippen LogP contribution in [0, 0.1) is 14.8 Å². The fourth-order valence-corrected chi connectivity index (χ4v) is 0.963. The van der Waals surface area contributed by atoms with E-state index in [4.69, 9.17) is 5.11 Å². The third-order valence-electron chi connectivity index (χ3n) is 1.33. The summed E-state index contributed by atoms with van der Waals surface area (Å²) in [6, 6.07) is 1.04. The first kappa shape index (κ1) is 9.33. The van der Waals surface area contributed by atoms with Crippen LogP contribution in [0.3, 0.4) is 0 Å². The molecule has 0 spiro atoms. The predicted octanol–water partition coefficient (Wildman–Crippen LogP) is 1.35. The average molecular weight is 200 g/mol. The normalized spacial score (nSPS) is 9.54. The molecule has 13 heavy (non-hydrogen) atoms. The van der Waals surface area contributed by atoms with Crippen molar-refractivity contribution < 1.29 is 14.8 Å². The van der Waals surface area contributed by atoms with Crippen LogP contribution in [-0.4, -0.2) is 21.0 Å². The Hall–Kier alpha value is -1.76. The van der Waals surface area contributed by atoms with Crippen molar-refractivity contribution in [2.24, 2.45) is 0 Å². The molecule has 0 unspecified atom stereocenters. The van der Waals surface area contributed by atoms with Gasteiger partial charge in [0.25, 0.3) is 5.69 Å². The summed E-state index contributed by atoms with van der Waals surface area (Å²) in [4.78, 5) is 22.4. The van der Waals surface area contributed by atoms with Crippen molar-refractivity contribution in [3.05, 3.63) is 32.6 Å². The van der Waals surface area contributed by atoms with Crippen molar-refractivity contribution in [1.29, 1.82) is 0 Å². The number of aromatic amines is 1. The number of nitro groups is 1. The van der Waals surface area contributed by atoms with Crippen LogP contribution in [0.5, 0.6) is 0 Å². The van der Waals surface area contributed by atoms with E-state index in [2.05, 4.69) is 17.2 Å². The largest absolute Gasteiger partial charge is 0.477 e. The second kappa shape index (κ2) is 3.31. The highest BCUT2D eigenvalue weighted by Crippen LogP contribution is 2.16. The Morgan fingerprint density at radius 1 is 1.69 bits per heavy atom. The second-order valence-corrected chi connectivity index (χ2v) is 2.60. The number of nitrogens with one attached hydrogen (secondary N) is 1. The fraction of sp³-hybridized carbons (Fsp3) is 0. The molecule has 0 amide bonds. The van der Waals surface area contributed by atoms with Gasteiger partial charge in [-0.3, -0.25) is 10.1 Å². The molecule has 0 aliphatic heterocycles. The average Bonchev–Trinajstić information content (AvgIpc) is 2.03. The molecule has 0 saturated heterocycles. The van der Waals surface area contributed by atoms with Crippen molar-refractivity contribution in [2.75, 3.05) is 0 Å². The molecule has 0 aliphatic rings. The fourth-order valence-electron chi connectivity index (χ4n) is 0.786. The lowest BCUT2D eigenvalue weighted by atomic mass is 10.2. The van der Waals surface area contributed by atoms with Gasteiger partial charge in [-0.15, -0.1) is 0 Å². The van der Waals surface area contributed by atoms with Crippen molar-refractivity contribution in [3.8, 4) is 0 Å². The smallest absolute Gasteiger partial charge is 0.342 e. The van der Waals surface area contributed by atoms with Crippen LogP contribution in [0.4, 0.5) is 5.69 Å². The molecule has 68 valence electrons. The number of hydrogen-bond acceptors (Lipinski definition) is 4. The molecule has 0 aliphatic carbocycles. The zero-order valence-corrected chi connectivity index (χ0v) is 7.00. The van der Waals surface area contributed by atoms with E-state index < -0.39 is 22.1 Å². The standard InChI is InChI=1S/C6H4N2O4S/c9-6(10)3-1-5(13)7-2-4(3)8(11)12/h1-2H,(H,7,13)(H,9,10). The monoisotopic (exact) mass is 200 g/mol. The molecule has 0 fully saturated rings. The number of carboxylic acids is 1. The number of hydrogen-bond donors (Lipinski definition) is 2. The Morgan fingerprint density at radius 3 is 2.77 bits per heavy atom. The molecule has 1 aromatic rings. The Kier molecular flexibility index (Phi) is 2.38. The Bertz CT molecular complexity index is 425. The number of carboxylic acid groups (broad SMARTS) is 1. The van der Waals surface area contributed by atoms with Gasteiger partial charge in [-0.1, -0.05) is 12.2 Å². The van der Waals surface area contributed by atoms with Crippen LogP contribution in [-0.2, 0) is 0 Å². The van der Waals surface area contributed by atoms with Gasteiger partial charge >= 0.3 is 5.97 Å². The summed E-state index contributed by atoms with van der Waals surface area (Å²) >= 11 is 4.62. The van der Waals surface area contributed by atoms with E-state index >= 15 is 0 Å². The van der Waals surface area contributed by atoms with Crippen molar-refractivity contribution in [2.45, 2.75) is 0 Å². The summed E-state index contributed by atoms with van der Waals surface area (Å²) in [5.41, 5.74) is -0.908. The van der Waals surface area contributed by atoms with Crippen molar-refractivity contribution in [1.82, 2.24) is 4.98 Å². The summed E-state index contributed by atoms with van der Waals surface area (Å²) in [7, 11) is 0. The first-order valence-corrected chi connectivity index (χ1v) is 3.53. The third-order valence-corrected chi connectivity index (χ3v) is 1.57. The quantitative estimate of drug-likeness (QED) is 0.426. The molecular formula is C6H4N2O4S. The Morgan fingerprint density at radius 2 is 2.31 bits per heavy atom. The number of rotatable bonds is 2. The maximum atomic E-state index is 10.5. The van der Waals surface area contributed by atoms with Gasteiger partial charge < -0.3 is 10.1 Å². The summed E-state index contributed by atoms with van der Waals surface area (Å²) in [6.45, 7) is 0. The molecule has 0 aromatic carbocycles.